The maximum Gasteiger partial charge on any atom is 0.239 e. The second-order valence-corrected chi connectivity index (χ2v) is 6.92. The van der Waals surface area contributed by atoms with E-state index < -0.39 is 5.92 Å². The average Bonchev–Trinajstić information content (AvgIpc) is 2.67. The van der Waals surface area contributed by atoms with E-state index in [0.717, 1.165) is 16.8 Å². The van der Waals surface area contributed by atoms with Crippen LogP contribution in [0.25, 0.3) is 0 Å². The number of aryl methyl sites for hydroxylation is 2. The molecule has 21 heavy (non-hydrogen) atoms. The number of hydrogen-bond donors (Lipinski definition) is 1. The number of carbonyl (C=O) groups excluding carboxylic acids is 2. The minimum atomic E-state index is -0.565. The van der Waals surface area contributed by atoms with E-state index in [0.29, 0.717) is 13.0 Å². The lowest BCUT2D eigenvalue weighted by Crippen LogP contribution is -2.45. The van der Waals surface area contributed by atoms with Gasteiger partial charge in [-0.05, 0) is 64.3 Å². The van der Waals surface area contributed by atoms with Crippen molar-refractivity contribution < 1.29 is 9.59 Å². The maximum atomic E-state index is 12.5. The van der Waals surface area contributed by atoms with Crippen LogP contribution in [-0.2, 0) is 9.59 Å². The van der Waals surface area contributed by atoms with Gasteiger partial charge in [-0.3, -0.25) is 9.59 Å². The van der Waals surface area contributed by atoms with Crippen LogP contribution < -0.4 is 10.2 Å². The van der Waals surface area contributed by atoms with E-state index in [1.54, 1.807) is 4.90 Å². The predicted molar refractivity (Wildman–Crippen MR) is 84.3 cm³/mol. The van der Waals surface area contributed by atoms with E-state index in [-0.39, 0.29) is 17.4 Å². The zero-order valence-electron chi connectivity index (χ0n) is 13.5. The van der Waals surface area contributed by atoms with Crippen LogP contribution in [0.2, 0.25) is 0 Å². The molecule has 1 unspecified atom stereocenters. The topological polar surface area (TPSA) is 49.4 Å². The fourth-order valence-electron chi connectivity index (χ4n) is 2.74. The van der Waals surface area contributed by atoms with Gasteiger partial charge in [0.1, 0.15) is 5.92 Å². The lowest BCUT2D eigenvalue weighted by Gasteiger charge is -2.23. The highest BCUT2D eigenvalue weighted by atomic mass is 16.2. The van der Waals surface area contributed by atoms with Crippen molar-refractivity contribution >= 4 is 17.5 Å². The van der Waals surface area contributed by atoms with Gasteiger partial charge in [-0.2, -0.15) is 0 Å². The summed E-state index contributed by atoms with van der Waals surface area (Å²) < 4.78 is 0. The molecule has 0 radical (unpaired) electrons. The summed E-state index contributed by atoms with van der Waals surface area (Å²) >= 11 is 0. The molecule has 4 nitrogen and oxygen atoms in total. The van der Waals surface area contributed by atoms with Crippen LogP contribution in [0.1, 0.15) is 38.3 Å². The van der Waals surface area contributed by atoms with Crippen molar-refractivity contribution in [3.63, 3.8) is 0 Å². The van der Waals surface area contributed by atoms with Crippen molar-refractivity contribution in [3.8, 4) is 0 Å². The summed E-state index contributed by atoms with van der Waals surface area (Å²) in [7, 11) is 0. The van der Waals surface area contributed by atoms with Crippen LogP contribution in [0.4, 0.5) is 5.69 Å². The molecule has 1 heterocycles. The first kappa shape index (κ1) is 15.5. The molecule has 0 bridgehead atoms. The molecule has 1 aromatic rings. The number of nitrogens with zero attached hydrogens (tertiary/aromatic N) is 1. The fourth-order valence-corrected chi connectivity index (χ4v) is 2.74. The summed E-state index contributed by atoms with van der Waals surface area (Å²) in [5, 5.41) is 2.90. The summed E-state index contributed by atoms with van der Waals surface area (Å²) in [6, 6.07) is 6.07. The molecule has 1 N–H and O–H groups in total. The Bertz CT molecular complexity index is 552. The summed E-state index contributed by atoms with van der Waals surface area (Å²) in [5.41, 5.74) is 2.83. The Balaban J connectivity index is 2.16. The van der Waals surface area contributed by atoms with Crippen LogP contribution >= 0.6 is 0 Å². The van der Waals surface area contributed by atoms with Gasteiger partial charge in [-0.1, -0.05) is 6.07 Å². The molecule has 2 amide bonds. The van der Waals surface area contributed by atoms with Gasteiger partial charge in [-0.15, -0.1) is 0 Å². The van der Waals surface area contributed by atoms with Crippen molar-refractivity contribution in [2.75, 3.05) is 11.4 Å². The van der Waals surface area contributed by atoms with Gasteiger partial charge in [0.15, 0.2) is 0 Å². The number of amides is 2. The molecule has 0 spiro atoms. The first-order valence-electron chi connectivity index (χ1n) is 7.39. The number of rotatable bonds is 2. The van der Waals surface area contributed by atoms with Crippen molar-refractivity contribution in [1.82, 2.24) is 5.32 Å². The second-order valence-electron chi connectivity index (χ2n) is 6.92. The lowest BCUT2D eigenvalue weighted by atomic mass is 10.0. The summed E-state index contributed by atoms with van der Waals surface area (Å²) in [6.07, 6.45) is 0.577. The molecule has 1 saturated heterocycles. The number of carbonyl (C=O) groups is 2. The zero-order valence-corrected chi connectivity index (χ0v) is 13.5. The van der Waals surface area contributed by atoms with Crippen LogP contribution in [0, 0.1) is 19.8 Å². The Morgan fingerprint density at radius 1 is 1.19 bits per heavy atom. The molecule has 1 aliphatic heterocycles. The van der Waals surface area contributed by atoms with Crippen molar-refractivity contribution in [2.24, 2.45) is 5.92 Å². The monoisotopic (exact) mass is 288 g/mol. The quantitative estimate of drug-likeness (QED) is 0.850. The number of benzene rings is 1. The largest absolute Gasteiger partial charge is 0.351 e. The Kier molecular flexibility index (Phi) is 4.08. The third-order valence-electron chi connectivity index (χ3n) is 3.54. The SMILES string of the molecule is Cc1cc(C)cc(N2CCC(C(=O)NC(C)(C)C)C2=O)c1. The molecule has 4 heteroatoms. The molecule has 1 aliphatic rings. The Labute approximate surface area is 126 Å². The zero-order chi connectivity index (χ0) is 15.8. The summed E-state index contributed by atoms with van der Waals surface area (Å²) in [6.45, 7) is 10.4. The third kappa shape index (κ3) is 3.63. The van der Waals surface area contributed by atoms with Crippen molar-refractivity contribution in [1.29, 1.82) is 0 Å². The second kappa shape index (κ2) is 5.51. The van der Waals surface area contributed by atoms with Gasteiger partial charge < -0.3 is 10.2 Å². The smallest absolute Gasteiger partial charge is 0.239 e. The molecule has 1 fully saturated rings. The summed E-state index contributed by atoms with van der Waals surface area (Å²) in [4.78, 5) is 26.5. The van der Waals surface area contributed by atoms with E-state index in [1.165, 1.54) is 0 Å². The number of nitrogens with one attached hydrogen (secondary N) is 1. The van der Waals surface area contributed by atoms with Gasteiger partial charge in [0.25, 0.3) is 0 Å². The Morgan fingerprint density at radius 2 is 1.76 bits per heavy atom. The first-order chi connectivity index (χ1) is 9.67. The standard InChI is InChI=1S/C17H24N2O2/c1-11-8-12(2)10-13(9-11)19-7-6-14(16(19)21)15(20)18-17(3,4)5/h8-10,14H,6-7H2,1-5H3,(H,18,20). The van der Waals surface area contributed by atoms with Crippen molar-refractivity contribution in [3.05, 3.63) is 29.3 Å². The molecular weight excluding hydrogens is 264 g/mol. The van der Waals surface area contributed by atoms with Gasteiger partial charge >= 0.3 is 0 Å². The van der Waals surface area contributed by atoms with Gasteiger partial charge in [0.05, 0.1) is 0 Å². The van der Waals surface area contributed by atoms with Crippen LogP contribution in [0.5, 0.6) is 0 Å². The lowest BCUT2D eigenvalue weighted by molar-refractivity contribution is -0.133. The molecule has 0 aliphatic carbocycles. The van der Waals surface area contributed by atoms with Crippen LogP contribution in [0.3, 0.4) is 0 Å². The molecule has 1 atom stereocenters. The fraction of sp³-hybridized carbons (Fsp3) is 0.529. The number of anilines is 1. The molecule has 1 aromatic carbocycles. The van der Waals surface area contributed by atoms with E-state index >= 15 is 0 Å². The first-order valence-corrected chi connectivity index (χ1v) is 7.39. The maximum absolute atomic E-state index is 12.5. The minimum absolute atomic E-state index is 0.0956. The average molecular weight is 288 g/mol. The Morgan fingerprint density at radius 3 is 2.29 bits per heavy atom. The normalized spacial score (nSPS) is 19.0. The molecular formula is C17H24N2O2. The minimum Gasteiger partial charge on any atom is -0.351 e. The van der Waals surface area contributed by atoms with Crippen LogP contribution in [-0.4, -0.2) is 23.9 Å². The van der Waals surface area contributed by atoms with Gasteiger partial charge in [0.2, 0.25) is 11.8 Å². The highest BCUT2D eigenvalue weighted by Gasteiger charge is 2.38. The van der Waals surface area contributed by atoms with E-state index in [1.807, 2.05) is 46.8 Å². The summed E-state index contributed by atoms with van der Waals surface area (Å²) in [5.74, 6) is -0.828. The van der Waals surface area contributed by atoms with Gasteiger partial charge in [0, 0.05) is 17.8 Å². The molecule has 2 rings (SSSR count). The Hall–Kier alpha value is -1.84. The highest BCUT2D eigenvalue weighted by molar-refractivity contribution is 6.09. The third-order valence-corrected chi connectivity index (χ3v) is 3.54. The molecule has 114 valence electrons. The van der Waals surface area contributed by atoms with E-state index in [2.05, 4.69) is 11.4 Å². The highest BCUT2D eigenvalue weighted by Crippen LogP contribution is 2.27. The molecule has 0 aromatic heterocycles. The predicted octanol–water partition coefficient (Wildman–Crippen LogP) is 2.57. The van der Waals surface area contributed by atoms with Gasteiger partial charge in [-0.25, -0.2) is 0 Å². The van der Waals surface area contributed by atoms with E-state index in [9.17, 15) is 9.59 Å². The molecule has 0 saturated carbocycles. The van der Waals surface area contributed by atoms with E-state index in [4.69, 9.17) is 0 Å². The van der Waals surface area contributed by atoms with Crippen molar-refractivity contribution in [2.45, 2.75) is 46.6 Å². The van der Waals surface area contributed by atoms with Crippen LogP contribution in [0.15, 0.2) is 18.2 Å². The number of hydrogen-bond acceptors (Lipinski definition) is 2.